The van der Waals surface area contributed by atoms with Gasteiger partial charge in [-0.25, -0.2) is 0 Å². The van der Waals surface area contributed by atoms with E-state index in [2.05, 4.69) is 35.3 Å². The number of hydrogen-bond donors (Lipinski definition) is 1. The first kappa shape index (κ1) is 13.2. The fourth-order valence-corrected chi connectivity index (χ4v) is 2.53. The van der Waals surface area contributed by atoms with Crippen LogP contribution in [-0.4, -0.2) is 32.8 Å². The molecule has 2 rings (SSSR count). The Balaban J connectivity index is 1.98. The number of rotatable bonds is 5. The van der Waals surface area contributed by atoms with Crippen molar-refractivity contribution < 1.29 is 4.74 Å². The number of benzene rings is 1. The van der Waals surface area contributed by atoms with Crippen molar-refractivity contribution in [2.24, 2.45) is 0 Å². The number of nitrogens with zero attached hydrogens (tertiary/aromatic N) is 1. The average molecular weight is 248 g/mol. The minimum absolute atomic E-state index is 0.630. The van der Waals surface area contributed by atoms with Gasteiger partial charge in [-0.05, 0) is 37.9 Å². The summed E-state index contributed by atoms with van der Waals surface area (Å²) in [6, 6.07) is 9.00. The molecule has 0 aromatic heterocycles. The number of nitrogens with one attached hydrogen (secondary N) is 1. The van der Waals surface area contributed by atoms with Crippen LogP contribution in [0.3, 0.4) is 0 Å². The Bertz CT molecular complexity index is 367. The minimum Gasteiger partial charge on any atom is -0.497 e. The molecule has 0 amide bonds. The lowest BCUT2D eigenvalue weighted by atomic mass is 10.0. The van der Waals surface area contributed by atoms with Crippen molar-refractivity contribution in [3.63, 3.8) is 0 Å². The van der Waals surface area contributed by atoms with Crippen molar-refractivity contribution in [2.45, 2.75) is 32.2 Å². The number of methoxy groups -OCH3 is 1. The second-order valence-electron chi connectivity index (χ2n) is 4.94. The number of ether oxygens (including phenoxy) is 1. The van der Waals surface area contributed by atoms with E-state index in [0.29, 0.717) is 6.04 Å². The maximum Gasteiger partial charge on any atom is 0.120 e. The summed E-state index contributed by atoms with van der Waals surface area (Å²) in [5.41, 5.74) is 1.28. The van der Waals surface area contributed by atoms with Crippen LogP contribution in [-0.2, 0) is 0 Å². The molecule has 0 aliphatic carbocycles. The van der Waals surface area contributed by atoms with E-state index in [0.717, 1.165) is 25.4 Å². The number of anilines is 1. The van der Waals surface area contributed by atoms with Gasteiger partial charge in [0.1, 0.15) is 5.75 Å². The van der Waals surface area contributed by atoms with Gasteiger partial charge in [-0.3, -0.25) is 0 Å². The summed E-state index contributed by atoms with van der Waals surface area (Å²) < 4.78 is 5.30. The lowest BCUT2D eigenvalue weighted by Gasteiger charge is -2.35. The third kappa shape index (κ3) is 3.39. The molecule has 1 heterocycles. The van der Waals surface area contributed by atoms with Gasteiger partial charge in [0.2, 0.25) is 0 Å². The molecule has 0 spiro atoms. The van der Waals surface area contributed by atoms with Crippen LogP contribution < -0.4 is 15.0 Å². The number of piperidine rings is 1. The standard InChI is InChI=1S/C15H24N2O/c1-3-9-16-13-6-5-10-17(12-13)14-7-4-8-15(11-14)18-2/h4,7-8,11,13,16H,3,5-6,9-10,12H2,1-2H3. The molecule has 0 radical (unpaired) electrons. The van der Waals surface area contributed by atoms with Gasteiger partial charge in [-0.1, -0.05) is 13.0 Å². The summed E-state index contributed by atoms with van der Waals surface area (Å²) in [5, 5.41) is 3.63. The lowest BCUT2D eigenvalue weighted by molar-refractivity contribution is 0.411. The molecule has 3 nitrogen and oxygen atoms in total. The third-order valence-corrected chi connectivity index (χ3v) is 3.52. The van der Waals surface area contributed by atoms with E-state index < -0.39 is 0 Å². The van der Waals surface area contributed by atoms with E-state index >= 15 is 0 Å². The third-order valence-electron chi connectivity index (χ3n) is 3.52. The molecule has 1 unspecified atom stereocenters. The molecule has 1 N–H and O–H groups in total. The summed E-state index contributed by atoms with van der Waals surface area (Å²) in [6.45, 7) is 5.59. The highest BCUT2D eigenvalue weighted by Gasteiger charge is 2.19. The predicted octanol–water partition coefficient (Wildman–Crippen LogP) is 2.66. The Hall–Kier alpha value is -1.22. The molecule has 1 aliphatic rings. The Morgan fingerprint density at radius 3 is 3.11 bits per heavy atom. The summed E-state index contributed by atoms with van der Waals surface area (Å²) in [7, 11) is 1.72. The first-order valence-electron chi connectivity index (χ1n) is 6.96. The van der Waals surface area contributed by atoms with Gasteiger partial charge in [-0.15, -0.1) is 0 Å². The van der Waals surface area contributed by atoms with Gasteiger partial charge < -0.3 is 15.0 Å². The highest BCUT2D eigenvalue weighted by atomic mass is 16.5. The van der Waals surface area contributed by atoms with Gasteiger partial charge in [0.05, 0.1) is 7.11 Å². The zero-order chi connectivity index (χ0) is 12.8. The van der Waals surface area contributed by atoms with Crippen LogP contribution in [0.15, 0.2) is 24.3 Å². The molecule has 1 saturated heterocycles. The van der Waals surface area contributed by atoms with Crippen LogP contribution in [0.25, 0.3) is 0 Å². The average Bonchev–Trinajstić information content (AvgIpc) is 2.45. The highest BCUT2D eigenvalue weighted by molar-refractivity contribution is 5.51. The maximum absolute atomic E-state index is 5.30. The molecule has 1 aromatic rings. The van der Waals surface area contributed by atoms with E-state index in [1.807, 2.05) is 6.07 Å². The van der Waals surface area contributed by atoms with E-state index in [4.69, 9.17) is 4.74 Å². The molecule has 1 fully saturated rings. The fourth-order valence-electron chi connectivity index (χ4n) is 2.53. The van der Waals surface area contributed by atoms with Gasteiger partial charge >= 0.3 is 0 Å². The number of hydrogen-bond acceptors (Lipinski definition) is 3. The topological polar surface area (TPSA) is 24.5 Å². The predicted molar refractivity (Wildman–Crippen MR) is 76.5 cm³/mol. The van der Waals surface area contributed by atoms with Crippen molar-refractivity contribution in [1.82, 2.24) is 5.32 Å². The summed E-state index contributed by atoms with van der Waals surface area (Å²) in [6.07, 6.45) is 3.76. The minimum atomic E-state index is 0.630. The largest absolute Gasteiger partial charge is 0.497 e. The lowest BCUT2D eigenvalue weighted by Crippen LogP contribution is -2.46. The molecule has 100 valence electrons. The van der Waals surface area contributed by atoms with Crippen LogP contribution in [0.4, 0.5) is 5.69 Å². The Kier molecular flexibility index (Phi) is 4.88. The smallest absolute Gasteiger partial charge is 0.120 e. The Labute approximate surface area is 110 Å². The second kappa shape index (κ2) is 6.64. The molecule has 3 heteroatoms. The molecule has 1 aliphatic heterocycles. The molecular weight excluding hydrogens is 224 g/mol. The van der Waals surface area contributed by atoms with Gasteiger partial charge in [0, 0.05) is 30.9 Å². The first-order valence-corrected chi connectivity index (χ1v) is 6.96. The first-order chi connectivity index (χ1) is 8.83. The van der Waals surface area contributed by atoms with Crippen LogP contribution in [0, 0.1) is 0 Å². The summed E-state index contributed by atoms with van der Waals surface area (Å²) >= 11 is 0. The van der Waals surface area contributed by atoms with Crippen molar-refractivity contribution in [2.75, 3.05) is 31.6 Å². The molecule has 0 bridgehead atoms. The van der Waals surface area contributed by atoms with Crippen molar-refractivity contribution in [1.29, 1.82) is 0 Å². The zero-order valence-corrected chi connectivity index (χ0v) is 11.5. The fraction of sp³-hybridized carbons (Fsp3) is 0.600. The normalized spacial score (nSPS) is 19.9. The summed E-state index contributed by atoms with van der Waals surface area (Å²) in [5.74, 6) is 0.941. The summed E-state index contributed by atoms with van der Waals surface area (Å²) in [4.78, 5) is 2.46. The van der Waals surface area contributed by atoms with Crippen molar-refractivity contribution in [3.8, 4) is 5.75 Å². The van der Waals surface area contributed by atoms with E-state index in [-0.39, 0.29) is 0 Å². The molecule has 1 atom stereocenters. The monoisotopic (exact) mass is 248 g/mol. The van der Waals surface area contributed by atoms with Gasteiger partial charge in [-0.2, -0.15) is 0 Å². The zero-order valence-electron chi connectivity index (χ0n) is 11.5. The quantitative estimate of drug-likeness (QED) is 0.867. The van der Waals surface area contributed by atoms with Crippen LogP contribution in [0.2, 0.25) is 0 Å². The molecular formula is C15H24N2O. The second-order valence-corrected chi connectivity index (χ2v) is 4.94. The Morgan fingerprint density at radius 1 is 1.44 bits per heavy atom. The Morgan fingerprint density at radius 2 is 2.33 bits per heavy atom. The van der Waals surface area contributed by atoms with E-state index in [1.54, 1.807) is 7.11 Å². The highest BCUT2D eigenvalue weighted by Crippen LogP contribution is 2.24. The van der Waals surface area contributed by atoms with E-state index in [9.17, 15) is 0 Å². The van der Waals surface area contributed by atoms with Crippen molar-refractivity contribution in [3.05, 3.63) is 24.3 Å². The van der Waals surface area contributed by atoms with Crippen LogP contribution in [0.5, 0.6) is 5.75 Å². The van der Waals surface area contributed by atoms with Crippen molar-refractivity contribution >= 4 is 5.69 Å². The van der Waals surface area contributed by atoms with Crippen LogP contribution >= 0.6 is 0 Å². The van der Waals surface area contributed by atoms with Gasteiger partial charge in [0.15, 0.2) is 0 Å². The van der Waals surface area contributed by atoms with Gasteiger partial charge in [0.25, 0.3) is 0 Å². The molecule has 1 aromatic carbocycles. The maximum atomic E-state index is 5.30. The SMILES string of the molecule is CCCNC1CCCN(c2cccc(OC)c2)C1. The van der Waals surface area contributed by atoms with Crippen LogP contribution in [0.1, 0.15) is 26.2 Å². The molecule has 18 heavy (non-hydrogen) atoms. The van der Waals surface area contributed by atoms with E-state index in [1.165, 1.54) is 24.9 Å². The molecule has 0 saturated carbocycles.